The van der Waals surface area contributed by atoms with Gasteiger partial charge in [-0.05, 0) is 33.3 Å². The molecule has 3 rings (SSSR count). The summed E-state index contributed by atoms with van der Waals surface area (Å²) in [6, 6.07) is 0. The molecule has 28 heavy (non-hydrogen) atoms. The Bertz CT molecular complexity index is 1140. The van der Waals surface area contributed by atoms with Crippen molar-refractivity contribution in [2.75, 3.05) is 11.9 Å². The van der Waals surface area contributed by atoms with Crippen molar-refractivity contribution in [3.8, 4) is 0 Å². The van der Waals surface area contributed by atoms with E-state index in [1.807, 2.05) is 6.92 Å². The number of aryl methyl sites for hydroxylation is 3. The number of nitrogens with zero attached hydrogens (tertiary/aromatic N) is 4. The Kier molecular flexibility index (Phi) is 5.32. The summed E-state index contributed by atoms with van der Waals surface area (Å²) in [6.07, 6.45) is 1.32. The van der Waals surface area contributed by atoms with Crippen LogP contribution in [0.4, 0.5) is 5.69 Å². The van der Waals surface area contributed by atoms with Crippen molar-refractivity contribution in [3.63, 3.8) is 0 Å². The molecule has 9 nitrogen and oxygen atoms in total. The van der Waals surface area contributed by atoms with Crippen LogP contribution in [-0.2, 0) is 23.1 Å². The van der Waals surface area contributed by atoms with E-state index < -0.39 is 5.97 Å². The molecule has 0 aliphatic heterocycles. The maximum absolute atomic E-state index is 12.9. The Morgan fingerprint density at radius 2 is 2.00 bits per heavy atom. The lowest BCUT2D eigenvalue weighted by molar-refractivity contribution is -0.116. The predicted molar refractivity (Wildman–Crippen MR) is 106 cm³/mol. The standard InChI is InChI=1S/C18H21N5O4S/c1-6-27-18(26)15-9(2)13-16(28-15)19-8-23(17(13)25)7-12(24)20-14-10(3)21-22(5)11(14)4/h8H,6-7H2,1-5H3,(H,20,24). The zero-order valence-electron chi connectivity index (χ0n) is 16.3. The second-order valence-electron chi connectivity index (χ2n) is 6.35. The minimum atomic E-state index is -0.478. The molecule has 3 heterocycles. The summed E-state index contributed by atoms with van der Waals surface area (Å²) in [5.41, 5.74) is 2.29. The molecular weight excluding hydrogens is 382 g/mol. The second kappa shape index (κ2) is 7.55. The van der Waals surface area contributed by atoms with E-state index in [1.165, 1.54) is 10.9 Å². The maximum atomic E-state index is 12.9. The highest BCUT2D eigenvalue weighted by atomic mass is 32.1. The molecule has 0 aliphatic carbocycles. The number of fused-ring (bicyclic) bond motifs is 1. The van der Waals surface area contributed by atoms with Crippen LogP contribution < -0.4 is 10.9 Å². The van der Waals surface area contributed by atoms with Gasteiger partial charge in [0.05, 0.1) is 35.4 Å². The summed E-state index contributed by atoms with van der Waals surface area (Å²) >= 11 is 1.11. The van der Waals surface area contributed by atoms with Crippen molar-refractivity contribution in [3.05, 3.63) is 38.5 Å². The first-order chi connectivity index (χ1) is 13.2. The fourth-order valence-electron chi connectivity index (χ4n) is 2.95. The number of hydrogen-bond donors (Lipinski definition) is 1. The van der Waals surface area contributed by atoms with Gasteiger partial charge in [-0.3, -0.25) is 18.8 Å². The van der Waals surface area contributed by atoms with E-state index in [4.69, 9.17) is 4.74 Å². The quantitative estimate of drug-likeness (QED) is 0.652. The van der Waals surface area contributed by atoms with E-state index in [0.717, 1.165) is 17.0 Å². The molecule has 0 saturated heterocycles. The Morgan fingerprint density at radius 1 is 1.29 bits per heavy atom. The first-order valence-electron chi connectivity index (χ1n) is 8.70. The number of carbonyl (C=O) groups is 2. The molecular formula is C18H21N5O4S. The van der Waals surface area contributed by atoms with Gasteiger partial charge in [-0.1, -0.05) is 0 Å². The molecule has 3 aromatic rings. The molecule has 1 amide bonds. The molecule has 0 atom stereocenters. The van der Waals surface area contributed by atoms with E-state index in [0.29, 0.717) is 32.0 Å². The van der Waals surface area contributed by atoms with Crippen LogP contribution in [0.3, 0.4) is 0 Å². The molecule has 0 fully saturated rings. The molecule has 0 bridgehead atoms. The number of thiophene rings is 1. The lowest BCUT2D eigenvalue weighted by Gasteiger charge is -2.08. The average Bonchev–Trinajstić information content (AvgIpc) is 3.09. The van der Waals surface area contributed by atoms with E-state index in [1.54, 1.807) is 32.5 Å². The van der Waals surface area contributed by atoms with Crippen molar-refractivity contribution in [2.45, 2.75) is 34.2 Å². The van der Waals surface area contributed by atoms with E-state index >= 15 is 0 Å². The van der Waals surface area contributed by atoms with Gasteiger partial charge in [0.15, 0.2) is 0 Å². The fraction of sp³-hybridized carbons (Fsp3) is 0.389. The summed E-state index contributed by atoms with van der Waals surface area (Å²) in [6.45, 7) is 7.10. The van der Waals surface area contributed by atoms with Crippen molar-refractivity contribution in [1.82, 2.24) is 19.3 Å². The fourth-order valence-corrected chi connectivity index (χ4v) is 3.98. The number of amides is 1. The number of ether oxygens (including phenoxy) is 1. The van der Waals surface area contributed by atoms with Gasteiger partial charge in [0.1, 0.15) is 16.3 Å². The third-order valence-electron chi connectivity index (χ3n) is 4.47. The lowest BCUT2D eigenvalue weighted by atomic mass is 10.2. The van der Waals surface area contributed by atoms with Gasteiger partial charge in [0, 0.05) is 7.05 Å². The number of carbonyl (C=O) groups excluding carboxylic acids is 2. The maximum Gasteiger partial charge on any atom is 0.348 e. The zero-order valence-corrected chi connectivity index (χ0v) is 17.1. The van der Waals surface area contributed by atoms with Gasteiger partial charge < -0.3 is 10.1 Å². The van der Waals surface area contributed by atoms with Gasteiger partial charge in [-0.15, -0.1) is 11.3 Å². The molecule has 10 heteroatoms. The first kappa shape index (κ1) is 19.7. The van der Waals surface area contributed by atoms with Gasteiger partial charge >= 0.3 is 5.97 Å². The number of hydrogen-bond acceptors (Lipinski definition) is 7. The Balaban J connectivity index is 1.90. The highest BCUT2D eigenvalue weighted by molar-refractivity contribution is 7.20. The van der Waals surface area contributed by atoms with Crippen LogP contribution in [0.1, 0.15) is 33.5 Å². The summed E-state index contributed by atoms with van der Waals surface area (Å²) in [4.78, 5) is 42.4. The van der Waals surface area contributed by atoms with Crippen LogP contribution in [0.2, 0.25) is 0 Å². The zero-order chi connectivity index (χ0) is 20.6. The largest absolute Gasteiger partial charge is 0.462 e. The minimum Gasteiger partial charge on any atom is -0.462 e. The van der Waals surface area contributed by atoms with Crippen LogP contribution in [-0.4, -0.2) is 37.8 Å². The number of aromatic nitrogens is 4. The number of rotatable bonds is 5. The predicted octanol–water partition coefficient (Wildman–Crippen LogP) is 1.93. The van der Waals surface area contributed by atoms with Gasteiger partial charge in [-0.2, -0.15) is 5.10 Å². The van der Waals surface area contributed by atoms with E-state index in [9.17, 15) is 14.4 Å². The highest BCUT2D eigenvalue weighted by Gasteiger charge is 2.21. The number of anilines is 1. The summed E-state index contributed by atoms with van der Waals surface area (Å²) < 4.78 is 7.93. The first-order valence-corrected chi connectivity index (χ1v) is 9.51. The van der Waals surface area contributed by atoms with Crippen molar-refractivity contribution in [2.24, 2.45) is 7.05 Å². The van der Waals surface area contributed by atoms with Gasteiger partial charge in [-0.25, -0.2) is 9.78 Å². The molecule has 0 aromatic carbocycles. The van der Waals surface area contributed by atoms with Crippen LogP contribution >= 0.6 is 11.3 Å². The molecule has 0 radical (unpaired) electrons. The Labute approximate surface area is 164 Å². The number of nitrogens with one attached hydrogen (secondary N) is 1. The highest BCUT2D eigenvalue weighted by Crippen LogP contribution is 2.27. The van der Waals surface area contributed by atoms with Crippen molar-refractivity contribution >= 4 is 39.1 Å². The normalized spacial score (nSPS) is 11.0. The topological polar surface area (TPSA) is 108 Å². The second-order valence-corrected chi connectivity index (χ2v) is 7.35. The van der Waals surface area contributed by atoms with Crippen LogP contribution in [0, 0.1) is 20.8 Å². The molecule has 1 N–H and O–H groups in total. The van der Waals surface area contributed by atoms with Crippen LogP contribution in [0.25, 0.3) is 10.2 Å². The van der Waals surface area contributed by atoms with Crippen LogP contribution in [0.15, 0.2) is 11.1 Å². The van der Waals surface area contributed by atoms with Gasteiger partial charge in [0.25, 0.3) is 5.56 Å². The van der Waals surface area contributed by atoms with Crippen molar-refractivity contribution in [1.29, 1.82) is 0 Å². The Hall–Kier alpha value is -3.01. The molecule has 0 unspecified atom stereocenters. The molecule has 148 valence electrons. The third-order valence-corrected chi connectivity index (χ3v) is 5.65. The molecule has 0 spiro atoms. The number of esters is 1. The monoisotopic (exact) mass is 403 g/mol. The summed E-state index contributed by atoms with van der Waals surface area (Å²) in [7, 11) is 1.79. The SMILES string of the molecule is CCOC(=O)c1sc2ncn(CC(=O)Nc3c(C)nn(C)c3C)c(=O)c2c1C. The van der Waals surface area contributed by atoms with E-state index in [-0.39, 0.29) is 24.6 Å². The van der Waals surface area contributed by atoms with E-state index in [2.05, 4.69) is 15.4 Å². The molecule has 0 saturated carbocycles. The van der Waals surface area contributed by atoms with Crippen molar-refractivity contribution < 1.29 is 14.3 Å². The van der Waals surface area contributed by atoms with Crippen LogP contribution in [0.5, 0.6) is 0 Å². The molecule has 0 aliphatic rings. The summed E-state index contributed by atoms with van der Waals surface area (Å²) in [5, 5.41) is 7.38. The lowest BCUT2D eigenvalue weighted by Crippen LogP contribution is -2.28. The third kappa shape index (κ3) is 3.42. The smallest absolute Gasteiger partial charge is 0.348 e. The molecule has 3 aromatic heterocycles. The average molecular weight is 403 g/mol. The summed E-state index contributed by atoms with van der Waals surface area (Å²) in [5.74, 6) is -0.838. The van der Waals surface area contributed by atoms with Gasteiger partial charge in [0.2, 0.25) is 5.91 Å². The Morgan fingerprint density at radius 3 is 2.61 bits per heavy atom. The minimum absolute atomic E-state index is 0.195.